The van der Waals surface area contributed by atoms with Crippen LogP contribution in [-0.2, 0) is 14.9 Å². The molecule has 6 nitrogen and oxygen atoms in total. The average Bonchev–Trinajstić information content (AvgIpc) is 2.55. The monoisotopic (exact) mass is 334 g/mol. The topological polar surface area (TPSA) is 84.5 Å². The summed E-state index contributed by atoms with van der Waals surface area (Å²) in [5.74, 6) is -0.428. The lowest BCUT2D eigenvalue weighted by Gasteiger charge is -2.11. The molecule has 0 aliphatic carbocycles. The highest BCUT2D eigenvalue weighted by Gasteiger charge is 2.16. The van der Waals surface area contributed by atoms with Crippen molar-refractivity contribution >= 4 is 21.6 Å². The number of sulfonamides is 1. The second-order valence-electron chi connectivity index (χ2n) is 4.81. The summed E-state index contributed by atoms with van der Waals surface area (Å²) in [6.07, 6.45) is 0. The lowest BCUT2D eigenvalue weighted by atomic mass is 10.2. The maximum atomic E-state index is 12.4. The van der Waals surface area contributed by atoms with E-state index >= 15 is 0 Å². The number of hydrogen-bond donors (Lipinski definition) is 2. The highest BCUT2D eigenvalue weighted by atomic mass is 32.2. The summed E-state index contributed by atoms with van der Waals surface area (Å²) in [4.78, 5) is 16.6. The van der Waals surface area contributed by atoms with Crippen molar-refractivity contribution in [1.29, 1.82) is 0 Å². The van der Waals surface area contributed by atoms with E-state index in [9.17, 15) is 13.2 Å². The first kappa shape index (κ1) is 17.0. The van der Waals surface area contributed by atoms with Gasteiger partial charge in [-0.15, -0.1) is 0 Å². The molecule has 0 saturated carbocycles. The molecule has 122 valence electrons. The Kier molecular flexibility index (Phi) is 5.36. The molecule has 1 amide bonds. The summed E-state index contributed by atoms with van der Waals surface area (Å²) >= 11 is 0. The van der Waals surface area contributed by atoms with Gasteiger partial charge in [0.05, 0.1) is 17.2 Å². The van der Waals surface area contributed by atoms with Gasteiger partial charge in [-0.05, 0) is 49.7 Å². The van der Waals surface area contributed by atoms with Gasteiger partial charge < -0.3 is 0 Å². The Bertz CT molecular complexity index is 786. The third-order valence-corrected chi connectivity index (χ3v) is 4.51. The minimum atomic E-state index is -3.71. The molecule has 2 rings (SSSR count). The fraction of sp³-hybridized carbons (Fsp3) is 0.188. The Hall–Kier alpha value is -2.38. The summed E-state index contributed by atoms with van der Waals surface area (Å²) in [6, 6.07) is 12.7. The zero-order valence-corrected chi connectivity index (χ0v) is 13.7. The first-order valence-corrected chi connectivity index (χ1v) is 8.53. The van der Waals surface area contributed by atoms with Gasteiger partial charge in [0.25, 0.3) is 15.9 Å². The van der Waals surface area contributed by atoms with Crippen LogP contribution in [0.3, 0.4) is 0 Å². The number of carbonyl (C=O) groups is 1. The quantitative estimate of drug-likeness (QED) is 0.795. The van der Waals surface area contributed by atoms with Gasteiger partial charge in [0.1, 0.15) is 0 Å². The van der Waals surface area contributed by atoms with Crippen LogP contribution in [0.4, 0.5) is 5.69 Å². The zero-order chi connectivity index (χ0) is 16.9. The van der Waals surface area contributed by atoms with Gasteiger partial charge in [-0.1, -0.05) is 18.2 Å². The second kappa shape index (κ2) is 7.26. The molecule has 2 N–H and O–H groups in total. The molecule has 2 aromatic rings. The van der Waals surface area contributed by atoms with Gasteiger partial charge in [-0.25, -0.2) is 13.9 Å². The van der Waals surface area contributed by atoms with E-state index in [1.165, 1.54) is 24.3 Å². The highest BCUT2D eigenvalue weighted by molar-refractivity contribution is 7.92. The van der Waals surface area contributed by atoms with E-state index in [1.54, 1.807) is 19.1 Å². The van der Waals surface area contributed by atoms with Gasteiger partial charge in [-0.2, -0.15) is 0 Å². The number of carbonyl (C=O) groups excluding carboxylic acids is 1. The maximum absolute atomic E-state index is 12.4. The second-order valence-corrected chi connectivity index (χ2v) is 6.49. The Labute approximate surface area is 135 Å². The van der Waals surface area contributed by atoms with Gasteiger partial charge in [0.15, 0.2) is 0 Å². The standard InChI is InChI=1S/C16H18N2O4S/c1-3-22-17-16(19)13-8-10-14(11-9-13)23(20,21)18-15-7-5-4-6-12(15)2/h4-11,18H,3H2,1-2H3,(H,17,19). The number of nitrogens with one attached hydrogen (secondary N) is 2. The molecule has 0 fully saturated rings. The minimum absolute atomic E-state index is 0.0775. The van der Waals surface area contributed by atoms with E-state index in [4.69, 9.17) is 4.84 Å². The average molecular weight is 334 g/mol. The highest BCUT2D eigenvalue weighted by Crippen LogP contribution is 2.19. The van der Waals surface area contributed by atoms with Crippen LogP contribution in [0.2, 0.25) is 0 Å². The van der Waals surface area contributed by atoms with Gasteiger partial charge in [-0.3, -0.25) is 14.4 Å². The van der Waals surface area contributed by atoms with Crippen molar-refractivity contribution in [3.05, 3.63) is 59.7 Å². The van der Waals surface area contributed by atoms with Crippen molar-refractivity contribution in [1.82, 2.24) is 5.48 Å². The summed E-state index contributed by atoms with van der Waals surface area (Å²) < 4.78 is 27.3. The van der Waals surface area contributed by atoms with Crippen LogP contribution in [0.1, 0.15) is 22.8 Å². The van der Waals surface area contributed by atoms with Gasteiger partial charge >= 0.3 is 0 Å². The lowest BCUT2D eigenvalue weighted by Crippen LogP contribution is -2.23. The van der Waals surface area contributed by atoms with Crippen molar-refractivity contribution in [3.63, 3.8) is 0 Å². The van der Waals surface area contributed by atoms with E-state index in [1.807, 2.05) is 19.1 Å². The molecule has 0 aliphatic rings. The molecule has 0 radical (unpaired) electrons. The van der Waals surface area contributed by atoms with Crippen molar-refractivity contribution in [2.45, 2.75) is 18.7 Å². The molecule has 0 unspecified atom stereocenters. The first-order valence-electron chi connectivity index (χ1n) is 7.04. The summed E-state index contributed by atoms with van der Waals surface area (Å²) in [6.45, 7) is 3.91. The molecular weight excluding hydrogens is 316 g/mol. The first-order chi connectivity index (χ1) is 10.9. The molecule has 23 heavy (non-hydrogen) atoms. The Morgan fingerprint density at radius 3 is 2.35 bits per heavy atom. The van der Waals surface area contributed by atoms with Crippen LogP contribution >= 0.6 is 0 Å². The fourth-order valence-corrected chi connectivity index (χ4v) is 3.00. The molecule has 0 spiro atoms. The largest absolute Gasteiger partial charge is 0.279 e. The van der Waals surface area contributed by atoms with E-state index in [0.29, 0.717) is 17.9 Å². The third-order valence-electron chi connectivity index (χ3n) is 3.13. The van der Waals surface area contributed by atoms with Gasteiger partial charge in [0, 0.05) is 5.56 Å². The van der Waals surface area contributed by atoms with E-state index in [-0.39, 0.29) is 4.90 Å². The summed E-state index contributed by atoms with van der Waals surface area (Å²) in [7, 11) is -3.71. The van der Waals surface area contributed by atoms with Crippen LogP contribution in [-0.4, -0.2) is 20.9 Å². The van der Waals surface area contributed by atoms with E-state index in [2.05, 4.69) is 10.2 Å². The lowest BCUT2D eigenvalue weighted by molar-refractivity contribution is 0.0364. The van der Waals surface area contributed by atoms with Crippen LogP contribution in [0.15, 0.2) is 53.4 Å². The van der Waals surface area contributed by atoms with Crippen molar-refractivity contribution in [3.8, 4) is 0 Å². The fourth-order valence-electron chi connectivity index (χ4n) is 1.87. The van der Waals surface area contributed by atoms with Crippen LogP contribution < -0.4 is 10.2 Å². The maximum Gasteiger partial charge on any atom is 0.274 e. The molecular formula is C16H18N2O4S. The molecule has 2 aromatic carbocycles. The van der Waals surface area contributed by atoms with Crippen LogP contribution in [0.25, 0.3) is 0 Å². The van der Waals surface area contributed by atoms with E-state index in [0.717, 1.165) is 5.56 Å². The number of rotatable bonds is 6. The zero-order valence-electron chi connectivity index (χ0n) is 12.9. The van der Waals surface area contributed by atoms with E-state index < -0.39 is 15.9 Å². The normalized spacial score (nSPS) is 11.0. The number of anilines is 1. The molecule has 0 heterocycles. The van der Waals surface area contributed by atoms with Crippen molar-refractivity contribution in [2.24, 2.45) is 0 Å². The minimum Gasteiger partial charge on any atom is -0.279 e. The molecule has 0 saturated heterocycles. The van der Waals surface area contributed by atoms with Crippen LogP contribution in [0, 0.1) is 6.92 Å². The van der Waals surface area contributed by atoms with Crippen molar-refractivity contribution < 1.29 is 18.0 Å². The third kappa shape index (κ3) is 4.30. The molecule has 0 bridgehead atoms. The Morgan fingerprint density at radius 2 is 1.74 bits per heavy atom. The smallest absolute Gasteiger partial charge is 0.274 e. The SMILES string of the molecule is CCONC(=O)c1ccc(S(=O)(=O)Nc2ccccc2C)cc1. The predicted octanol–water partition coefficient (Wildman–Crippen LogP) is 2.48. The Balaban J connectivity index is 2.18. The molecule has 0 atom stereocenters. The predicted molar refractivity (Wildman–Crippen MR) is 87.5 cm³/mol. The summed E-state index contributed by atoms with van der Waals surface area (Å²) in [5, 5.41) is 0. The number of amides is 1. The molecule has 7 heteroatoms. The number of aryl methyl sites for hydroxylation is 1. The molecule has 0 aliphatic heterocycles. The van der Waals surface area contributed by atoms with Crippen molar-refractivity contribution in [2.75, 3.05) is 11.3 Å². The van der Waals surface area contributed by atoms with Crippen LogP contribution in [0.5, 0.6) is 0 Å². The van der Waals surface area contributed by atoms with Gasteiger partial charge in [0.2, 0.25) is 0 Å². The molecule has 0 aromatic heterocycles. The number of benzene rings is 2. The Morgan fingerprint density at radius 1 is 1.09 bits per heavy atom. The number of hydrogen-bond acceptors (Lipinski definition) is 4. The summed E-state index contributed by atoms with van der Waals surface area (Å²) in [5.41, 5.74) is 3.91. The number of para-hydroxylation sites is 1. The number of hydroxylamine groups is 1.